The molecule has 0 radical (unpaired) electrons. The van der Waals surface area contributed by atoms with E-state index in [-0.39, 0.29) is 28.5 Å². The lowest BCUT2D eigenvalue weighted by molar-refractivity contribution is 0.00428. The van der Waals surface area contributed by atoms with Gasteiger partial charge >= 0.3 is 0 Å². The summed E-state index contributed by atoms with van der Waals surface area (Å²) in [7, 11) is -2.87. The minimum absolute atomic E-state index is 0.0197. The summed E-state index contributed by atoms with van der Waals surface area (Å²) in [5.41, 5.74) is 0. The second-order valence-corrected chi connectivity index (χ2v) is 7.64. The molecule has 5 heteroatoms. The largest absolute Gasteiger partial charge is 0.373 e. The molecule has 2 rings (SSSR count). The number of alkyl halides is 1. The van der Waals surface area contributed by atoms with Crippen LogP contribution in [0, 0.1) is 5.92 Å². The number of ether oxygens (including phenoxy) is 1. The number of sulfone groups is 1. The summed E-state index contributed by atoms with van der Waals surface area (Å²) in [4.78, 5) is -0.0197. The van der Waals surface area contributed by atoms with E-state index >= 15 is 0 Å². The van der Waals surface area contributed by atoms with Gasteiger partial charge in [-0.1, -0.05) is 15.9 Å². The van der Waals surface area contributed by atoms with Crippen molar-refractivity contribution in [3.05, 3.63) is 0 Å². The van der Waals surface area contributed by atoms with Gasteiger partial charge in [-0.15, -0.1) is 0 Å². The molecule has 0 aromatic heterocycles. The first-order valence-corrected chi connectivity index (χ1v) is 7.71. The van der Waals surface area contributed by atoms with E-state index in [0.717, 1.165) is 0 Å². The Morgan fingerprint density at radius 2 is 2.00 bits per heavy atom. The number of halogens is 1. The van der Waals surface area contributed by atoms with E-state index in [9.17, 15) is 8.42 Å². The molecule has 1 aliphatic carbocycles. The molecule has 2 aliphatic rings. The Bertz CT molecular complexity index is 310. The van der Waals surface area contributed by atoms with E-state index in [2.05, 4.69) is 15.9 Å². The Morgan fingerprint density at radius 1 is 1.36 bits per heavy atom. The van der Waals surface area contributed by atoms with Gasteiger partial charge in [0, 0.05) is 0 Å². The Labute approximate surface area is 93.3 Å². The molecule has 1 saturated heterocycles. The van der Waals surface area contributed by atoms with Gasteiger partial charge in [-0.2, -0.15) is 0 Å². The highest BCUT2D eigenvalue weighted by molar-refractivity contribution is 9.09. The van der Waals surface area contributed by atoms with Crippen LogP contribution in [0.2, 0.25) is 0 Å². The molecule has 3 nitrogen and oxygen atoms in total. The van der Waals surface area contributed by atoms with Crippen molar-refractivity contribution in [2.45, 2.75) is 36.8 Å². The first kappa shape index (κ1) is 10.9. The molecule has 3 atom stereocenters. The third kappa shape index (κ3) is 2.49. The van der Waals surface area contributed by atoms with E-state index < -0.39 is 9.84 Å². The molecule has 0 N–H and O–H groups in total. The number of hydrogen-bond donors (Lipinski definition) is 0. The predicted molar refractivity (Wildman–Crippen MR) is 58.4 cm³/mol. The van der Waals surface area contributed by atoms with Crippen LogP contribution in [0.25, 0.3) is 0 Å². The molecular weight excluding hydrogens is 268 g/mol. The van der Waals surface area contributed by atoms with Gasteiger partial charge in [0.1, 0.15) is 0 Å². The van der Waals surface area contributed by atoms with Crippen LogP contribution in [0.4, 0.5) is 0 Å². The van der Waals surface area contributed by atoms with Crippen LogP contribution in [0.5, 0.6) is 0 Å². The van der Waals surface area contributed by atoms with Gasteiger partial charge in [0.2, 0.25) is 0 Å². The maximum atomic E-state index is 11.3. The van der Waals surface area contributed by atoms with Crippen molar-refractivity contribution in [1.29, 1.82) is 0 Å². The van der Waals surface area contributed by atoms with Gasteiger partial charge < -0.3 is 4.74 Å². The fourth-order valence-electron chi connectivity index (χ4n) is 1.85. The summed E-state index contributed by atoms with van der Waals surface area (Å²) in [5.74, 6) is 1.06. The summed E-state index contributed by atoms with van der Waals surface area (Å²) in [5, 5.41) is 0. The first-order chi connectivity index (χ1) is 6.48. The van der Waals surface area contributed by atoms with E-state index in [1.807, 2.05) is 6.92 Å². The monoisotopic (exact) mass is 282 g/mol. The molecule has 1 heterocycles. The normalized spacial score (nSPS) is 38.4. The summed E-state index contributed by atoms with van der Waals surface area (Å²) in [6, 6.07) is 0. The zero-order chi connectivity index (χ0) is 10.3. The predicted octanol–water partition coefficient (Wildman–Crippen LogP) is 1.36. The molecule has 0 aromatic rings. The van der Waals surface area contributed by atoms with Crippen LogP contribution in [0.3, 0.4) is 0 Å². The highest BCUT2D eigenvalue weighted by atomic mass is 79.9. The summed E-state index contributed by atoms with van der Waals surface area (Å²) in [6.07, 6.45) is 2.53. The third-order valence-electron chi connectivity index (χ3n) is 2.91. The quantitative estimate of drug-likeness (QED) is 0.735. The van der Waals surface area contributed by atoms with Crippen molar-refractivity contribution in [3.63, 3.8) is 0 Å². The molecule has 82 valence electrons. The Morgan fingerprint density at radius 3 is 2.43 bits per heavy atom. The third-order valence-corrected chi connectivity index (χ3v) is 5.96. The average Bonchev–Trinajstić information content (AvgIpc) is 2.79. The minimum atomic E-state index is -2.87. The van der Waals surface area contributed by atoms with Crippen molar-refractivity contribution in [2.75, 3.05) is 11.5 Å². The molecular formula is C9H15BrO3S. The maximum Gasteiger partial charge on any atom is 0.154 e. The lowest BCUT2D eigenvalue weighted by Crippen LogP contribution is -2.28. The highest BCUT2D eigenvalue weighted by Crippen LogP contribution is 2.36. The second kappa shape index (κ2) is 3.76. The minimum Gasteiger partial charge on any atom is -0.373 e. The second-order valence-electron chi connectivity index (χ2n) is 4.31. The van der Waals surface area contributed by atoms with Crippen molar-refractivity contribution in [1.82, 2.24) is 0 Å². The molecule has 2 fully saturated rings. The zero-order valence-electron chi connectivity index (χ0n) is 8.15. The Kier molecular flexibility index (Phi) is 2.92. The topological polar surface area (TPSA) is 43.4 Å². The fraction of sp³-hybridized carbons (Fsp3) is 1.00. The van der Waals surface area contributed by atoms with E-state index in [1.54, 1.807) is 0 Å². The maximum absolute atomic E-state index is 11.3. The number of rotatable bonds is 3. The van der Waals surface area contributed by atoms with Gasteiger partial charge in [0.05, 0.1) is 28.5 Å². The average molecular weight is 283 g/mol. The summed E-state index contributed by atoms with van der Waals surface area (Å²) < 4.78 is 28.4. The number of hydrogen-bond acceptors (Lipinski definition) is 3. The van der Waals surface area contributed by atoms with Crippen LogP contribution < -0.4 is 0 Å². The Balaban J connectivity index is 1.91. The molecule has 1 saturated carbocycles. The van der Waals surface area contributed by atoms with Gasteiger partial charge in [0.25, 0.3) is 0 Å². The molecule has 3 unspecified atom stereocenters. The molecule has 0 spiro atoms. The van der Waals surface area contributed by atoms with Crippen molar-refractivity contribution >= 4 is 25.8 Å². The fourth-order valence-corrected chi connectivity index (χ4v) is 5.26. The van der Waals surface area contributed by atoms with E-state index in [4.69, 9.17) is 4.74 Å². The van der Waals surface area contributed by atoms with Crippen LogP contribution in [-0.2, 0) is 14.6 Å². The van der Waals surface area contributed by atoms with E-state index in [0.29, 0.717) is 5.92 Å². The van der Waals surface area contributed by atoms with Gasteiger partial charge in [-0.25, -0.2) is 8.42 Å². The van der Waals surface area contributed by atoms with Crippen molar-refractivity contribution < 1.29 is 13.2 Å². The lowest BCUT2D eigenvalue weighted by Gasteiger charge is -2.19. The van der Waals surface area contributed by atoms with Crippen LogP contribution >= 0.6 is 15.9 Å². The highest BCUT2D eigenvalue weighted by Gasteiger charge is 2.40. The zero-order valence-corrected chi connectivity index (χ0v) is 10.6. The summed E-state index contributed by atoms with van der Waals surface area (Å²) in [6.45, 7) is 2.04. The van der Waals surface area contributed by atoms with Crippen molar-refractivity contribution in [2.24, 2.45) is 5.92 Å². The Hall–Kier alpha value is 0.390. The first-order valence-electron chi connectivity index (χ1n) is 4.98. The summed E-state index contributed by atoms with van der Waals surface area (Å²) >= 11 is 3.37. The molecule has 0 amide bonds. The molecule has 0 aromatic carbocycles. The van der Waals surface area contributed by atoms with Gasteiger partial charge in [-0.05, 0) is 25.7 Å². The van der Waals surface area contributed by atoms with Gasteiger partial charge in [-0.3, -0.25) is 0 Å². The molecule has 0 bridgehead atoms. The SMILES string of the molecule is CC(OC1CS(=O)(=O)CC1Br)C1CC1. The van der Waals surface area contributed by atoms with Crippen molar-refractivity contribution in [3.8, 4) is 0 Å². The lowest BCUT2D eigenvalue weighted by atomic mass is 10.2. The molecule has 14 heavy (non-hydrogen) atoms. The standard InChI is InChI=1S/C9H15BrO3S/c1-6(7-2-3-7)13-9-5-14(11,12)4-8(9)10/h6-9H,2-5H2,1H3. The molecule has 1 aliphatic heterocycles. The van der Waals surface area contributed by atoms with Gasteiger partial charge in [0.15, 0.2) is 9.84 Å². The van der Waals surface area contributed by atoms with Crippen LogP contribution in [-0.4, -0.2) is 37.0 Å². The smallest absolute Gasteiger partial charge is 0.154 e. The van der Waals surface area contributed by atoms with E-state index in [1.165, 1.54) is 12.8 Å². The van der Waals surface area contributed by atoms with Crippen LogP contribution in [0.15, 0.2) is 0 Å². The van der Waals surface area contributed by atoms with Crippen LogP contribution in [0.1, 0.15) is 19.8 Å².